The topological polar surface area (TPSA) is 172 Å². The smallest absolute Gasteiger partial charge is 0.414 e. The fraction of sp³-hybridized carbons (Fsp3) is 0.0600. The quantitative estimate of drug-likeness (QED) is 0.0569. The van der Waals surface area contributed by atoms with Crippen molar-refractivity contribution < 1.29 is 37.1 Å². The average Bonchev–Trinajstić information content (AvgIpc) is 3.34. The van der Waals surface area contributed by atoms with Gasteiger partial charge in [0.25, 0.3) is 0 Å². The third-order valence-electron chi connectivity index (χ3n) is 7.81. The molecule has 12 nitrogen and oxygen atoms in total. The van der Waals surface area contributed by atoms with Gasteiger partial charge in [-0.3, -0.25) is 14.8 Å². The van der Waals surface area contributed by atoms with E-state index in [1.165, 1.54) is 6.20 Å². The molecule has 0 saturated heterocycles. The molecule has 2 heterocycles. The van der Waals surface area contributed by atoms with Gasteiger partial charge in [-0.1, -0.05) is 115 Å². The molecular weight excluding hydrogens is 847 g/mol. The van der Waals surface area contributed by atoms with Crippen LogP contribution in [0.25, 0.3) is 0 Å². The van der Waals surface area contributed by atoms with Gasteiger partial charge in [-0.15, -0.1) is 0 Å². The second-order valence-corrected chi connectivity index (χ2v) is 15.5. The van der Waals surface area contributed by atoms with Crippen LogP contribution in [0, 0.1) is 0 Å². The SMILES string of the molecule is CCO.Nc1ccccc1.O=Cc1cccnc1.O=P(Oc1ccccc1)(Oc1ccccc1)C(Nc1ccccc1)c1cccnc1.O=[P+](Oc1ccccc1)Oc1ccccc1. The highest BCUT2D eigenvalue weighted by Crippen LogP contribution is 2.60. The number of hydrogen-bond donors (Lipinski definition) is 3. The molecular formula is C50H49N4O8P2+. The molecule has 326 valence electrons. The Labute approximate surface area is 374 Å². The van der Waals surface area contributed by atoms with Gasteiger partial charge in [0.15, 0.2) is 23.6 Å². The van der Waals surface area contributed by atoms with Crippen LogP contribution in [0.4, 0.5) is 11.4 Å². The summed E-state index contributed by atoms with van der Waals surface area (Å²) < 4.78 is 48.1. The minimum absolute atomic E-state index is 0.250. The molecule has 14 heteroatoms. The lowest BCUT2D eigenvalue weighted by Gasteiger charge is -2.29. The van der Waals surface area contributed by atoms with E-state index in [-0.39, 0.29) is 6.61 Å². The molecule has 8 rings (SSSR count). The number of carbonyl (C=O) groups is 1. The molecule has 0 spiro atoms. The molecule has 2 aromatic heterocycles. The Morgan fingerprint density at radius 1 is 0.594 bits per heavy atom. The van der Waals surface area contributed by atoms with Crippen LogP contribution < -0.4 is 29.1 Å². The fourth-order valence-corrected chi connectivity index (χ4v) is 7.54. The van der Waals surface area contributed by atoms with Crippen LogP contribution >= 0.6 is 15.9 Å². The first kappa shape index (κ1) is 49.0. The van der Waals surface area contributed by atoms with Gasteiger partial charge in [0.2, 0.25) is 0 Å². The largest absolute Gasteiger partial charge is 0.805 e. The van der Waals surface area contributed by atoms with Crippen LogP contribution in [-0.2, 0) is 9.13 Å². The van der Waals surface area contributed by atoms with Gasteiger partial charge in [0, 0.05) is 58.5 Å². The number of nitrogens with two attached hydrogens (primary N) is 1. The number of carbonyl (C=O) groups excluding carboxylic acids is 1. The first-order valence-electron chi connectivity index (χ1n) is 19.8. The van der Waals surface area contributed by atoms with Crippen molar-refractivity contribution in [2.75, 3.05) is 17.7 Å². The lowest BCUT2D eigenvalue weighted by Crippen LogP contribution is -2.18. The van der Waals surface area contributed by atoms with Crippen molar-refractivity contribution in [2.45, 2.75) is 12.7 Å². The molecule has 0 aliphatic heterocycles. The summed E-state index contributed by atoms with van der Waals surface area (Å²) in [4.78, 5) is 17.9. The van der Waals surface area contributed by atoms with Gasteiger partial charge in [0.1, 0.15) is 11.5 Å². The van der Waals surface area contributed by atoms with Gasteiger partial charge in [-0.2, -0.15) is 0 Å². The molecule has 64 heavy (non-hydrogen) atoms. The van der Waals surface area contributed by atoms with Crippen LogP contribution in [0.1, 0.15) is 28.6 Å². The zero-order valence-electron chi connectivity index (χ0n) is 35.0. The number of para-hydroxylation sites is 6. The van der Waals surface area contributed by atoms with Crippen molar-refractivity contribution in [3.05, 3.63) is 242 Å². The van der Waals surface area contributed by atoms with Crippen molar-refractivity contribution >= 4 is 33.5 Å². The molecule has 0 bridgehead atoms. The number of nitrogen functional groups attached to an aromatic ring is 1. The summed E-state index contributed by atoms with van der Waals surface area (Å²) >= 11 is 0. The highest BCUT2D eigenvalue weighted by molar-refractivity contribution is 7.55. The number of anilines is 2. The number of nitrogens with one attached hydrogen (secondary N) is 1. The Morgan fingerprint density at radius 2 is 0.984 bits per heavy atom. The van der Waals surface area contributed by atoms with E-state index in [1.807, 2.05) is 115 Å². The summed E-state index contributed by atoms with van der Waals surface area (Å²) in [5.74, 6) is 1.19. The van der Waals surface area contributed by atoms with Crippen molar-refractivity contribution in [2.24, 2.45) is 0 Å². The summed E-state index contributed by atoms with van der Waals surface area (Å²) in [6, 6.07) is 62.0. The fourth-order valence-electron chi connectivity index (χ4n) is 5.01. The summed E-state index contributed by atoms with van der Waals surface area (Å²) in [6.07, 6.45) is 7.26. The second-order valence-electron chi connectivity index (χ2n) is 12.7. The molecule has 4 N–H and O–H groups in total. The maximum Gasteiger partial charge on any atom is 0.805 e. The standard InChI is InChI=1S/C24H21N2O3P.C12H10O3P.C6H5NO.C6H7N.C2H6O/c27-30(28-22-14-6-2-7-15-22,29-23-16-8-3-9-17-23)24(20-11-10-18-25-19-20)26-21-12-4-1-5-13-21;13-16(14-11-7-3-1-4-8-11)15-12-9-5-2-6-10-12;8-5-6-2-1-3-7-4-6;7-6-4-2-1-3-5-6;1-2-3/h1-19,24,26H;1-10H;1-5H;1-5H,7H2;3H,2H2,1H3/q;+1;;;. The molecule has 0 aliphatic rings. The minimum atomic E-state index is -3.81. The summed E-state index contributed by atoms with van der Waals surface area (Å²) in [6.45, 7) is 1.93. The number of aldehydes is 1. The highest BCUT2D eigenvalue weighted by Gasteiger charge is 2.41. The van der Waals surface area contributed by atoms with Crippen molar-refractivity contribution in [1.29, 1.82) is 0 Å². The average molecular weight is 896 g/mol. The van der Waals surface area contributed by atoms with E-state index in [4.69, 9.17) is 28.9 Å². The normalized spacial score (nSPS) is 10.3. The molecule has 8 aromatic rings. The van der Waals surface area contributed by atoms with Gasteiger partial charge in [0.05, 0.1) is 0 Å². The molecule has 0 aliphatic carbocycles. The number of pyridine rings is 2. The maximum absolute atomic E-state index is 14.3. The van der Waals surface area contributed by atoms with Gasteiger partial charge in [-0.25, -0.2) is 13.6 Å². The van der Waals surface area contributed by atoms with E-state index in [9.17, 15) is 13.9 Å². The number of aromatic nitrogens is 2. The maximum atomic E-state index is 14.3. The molecule has 1 atom stereocenters. The van der Waals surface area contributed by atoms with Gasteiger partial charge in [-0.05, 0) is 97.9 Å². The van der Waals surface area contributed by atoms with Crippen LogP contribution in [-0.4, -0.2) is 28.0 Å². The lowest BCUT2D eigenvalue weighted by molar-refractivity contribution is 0.112. The van der Waals surface area contributed by atoms with Crippen LogP contribution in [0.2, 0.25) is 0 Å². The summed E-state index contributed by atoms with van der Waals surface area (Å²) in [7, 11) is -5.99. The third kappa shape index (κ3) is 19.0. The van der Waals surface area contributed by atoms with Gasteiger partial charge >= 0.3 is 15.9 Å². The lowest BCUT2D eigenvalue weighted by atomic mass is 10.2. The van der Waals surface area contributed by atoms with Crippen LogP contribution in [0.15, 0.2) is 231 Å². The minimum Gasteiger partial charge on any atom is -0.414 e. The number of hydrogen-bond acceptors (Lipinski definition) is 12. The Kier molecular flexibility index (Phi) is 22.1. The van der Waals surface area contributed by atoms with E-state index >= 15 is 0 Å². The number of benzene rings is 6. The molecule has 0 fully saturated rings. The zero-order chi connectivity index (χ0) is 45.5. The van der Waals surface area contributed by atoms with Gasteiger partial charge < -0.3 is 25.2 Å². The van der Waals surface area contributed by atoms with E-state index in [2.05, 4.69) is 15.3 Å². The highest BCUT2D eigenvalue weighted by atomic mass is 31.2. The van der Waals surface area contributed by atoms with Crippen molar-refractivity contribution in [3.8, 4) is 23.0 Å². The molecule has 1 unspecified atom stereocenters. The molecule has 0 amide bonds. The third-order valence-corrected chi connectivity index (χ3v) is 10.5. The number of aliphatic hydroxyl groups excluding tert-OH is 1. The van der Waals surface area contributed by atoms with Crippen LogP contribution in [0.5, 0.6) is 23.0 Å². The Morgan fingerprint density at radius 3 is 1.33 bits per heavy atom. The number of rotatable bonds is 13. The molecule has 0 radical (unpaired) electrons. The first-order chi connectivity index (χ1) is 31.3. The summed E-state index contributed by atoms with van der Waals surface area (Å²) in [5.41, 5.74) is 8.28. The Bertz CT molecular complexity index is 2400. The van der Waals surface area contributed by atoms with Crippen molar-refractivity contribution in [1.82, 2.24) is 9.97 Å². The van der Waals surface area contributed by atoms with E-state index < -0.39 is 21.6 Å². The Hall–Kier alpha value is -7.62. The molecule has 6 aromatic carbocycles. The van der Waals surface area contributed by atoms with Crippen LogP contribution in [0.3, 0.4) is 0 Å². The van der Waals surface area contributed by atoms with E-state index in [1.54, 1.807) is 117 Å². The predicted molar refractivity (Wildman–Crippen MR) is 254 cm³/mol. The van der Waals surface area contributed by atoms with E-state index in [0.717, 1.165) is 17.7 Å². The number of nitrogens with zero attached hydrogens (tertiary/aromatic N) is 2. The first-order valence-corrected chi connectivity index (χ1v) is 22.5. The summed E-state index contributed by atoms with van der Waals surface area (Å²) in [5, 5.41) is 10.9. The zero-order valence-corrected chi connectivity index (χ0v) is 36.8. The van der Waals surface area contributed by atoms with Crippen molar-refractivity contribution in [3.63, 3.8) is 0 Å². The predicted octanol–water partition coefficient (Wildman–Crippen LogP) is 12.5. The van der Waals surface area contributed by atoms with E-state index in [0.29, 0.717) is 34.1 Å². The monoisotopic (exact) mass is 895 g/mol. The number of aliphatic hydroxyl groups is 1. The second kappa shape index (κ2) is 28.8. The Balaban J connectivity index is 0.000000218. The molecule has 0 saturated carbocycles.